The molecule has 2 fully saturated rings. The number of nitrogens with two attached hydrogens (primary N) is 2. The summed E-state index contributed by atoms with van der Waals surface area (Å²) in [6.07, 6.45) is -18.8. The minimum Gasteiger partial charge on any atom is -0.508 e. The number of rotatable bonds is 16. The number of phenols is 3. The molecule has 35 heteroatoms. The molecule has 0 saturated carbocycles. The van der Waals surface area contributed by atoms with Crippen LogP contribution in [0.15, 0.2) is 133 Å². The molecule has 113 heavy (non-hydrogen) atoms. The number of hydrogen-bond donors (Lipinski definition) is 19. The van der Waals surface area contributed by atoms with Gasteiger partial charge < -0.3 is 128 Å². The summed E-state index contributed by atoms with van der Waals surface area (Å²) in [5.41, 5.74) is 10.7. The fourth-order valence-electron chi connectivity index (χ4n) is 14.2. The second-order valence-electron chi connectivity index (χ2n) is 28.8. The standard InChI is InChI=1S/C78H83Cl2N9O24/c1-32(2)20-46(81)70(100)88-61-63(95)38-15-18-50(44(79)22-38)109-52-24-40-25-53(67(52)113-77-68(66(98)65(97)54(31-90)111-77)112-56-29-78(4,69(99)33(3)108-56)83-30-34-10-12-36(13-11-34)35-8-6-5-7-9-35)110-51-19-16-39(23-45(51)80)64(96)62-75(105)87-60(76(106)107)43-26-41(91)27-49(93)57(43)42-21-37(14-17-48(42)92)58(72(102)89-62)86-73(103)59(40)85-71(101)47(28-55(82)94)84-74(61)104/h5-19,21-27,32-33,46-47,54,56,58-66,68-69,77,83,90-93,95-99H,20,28-31,81H2,1-4H3,(H2,82,94)(H,84,104)(H,85,101)(H,86,103)(H,87,105)(H,88,100)(H,89,102)(H,106,107)/t33-,46-,47-,54+,56-,58+,59+,60-,61+,62?,63+,64+,65+,66-,68?,69+,77?,78-/m0/s1. The van der Waals surface area contributed by atoms with Crippen LogP contribution in [0.3, 0.4) is 0 Å². The van der Waals surface area contributed by atoms with Crippen LogP contribution in [0.25, 0.3) is 22.3 Å². The van der Waals surface area contributed by atoms with E-state index in [1.54, 1.807) is 27.7 Å². The molecule has 598 valence electrons. The van der Waals surface area contributed by atoms with Crippen molar-refractivity contribution in [1.82, 2.24) is 37.2 Å². The van der Waals surface area contributed by atoms with Crippen LogP contribution in [0.2, 0.25) is 10.0 Å². The number of benzene rings is 7. The van der Waals surface area contributed by atoms with Gasteiger partial charge in [0.05, 0.1) is 41.3 Å². The zero-order chi connectivity index (χ0) is 81.3. The lowest BCUT2D eigenvalue weighted by atomic mass is 9.84. The van der Waals surface area contributed by atoms with Crippen molar-refractivity contribution in [2.45, 2.75) is 163 Å². The first-order chi connectivity index (χ1) is 53.7. The first kappa shape index (κ1) is 81.7. The van der Waals surface area contributed by atoms with Crippen LogP contribution in [0.1, 0.15) is 111 Å². The van der Waals surface area contributed by atoms with Crippen molar-refractivity contribution in [3.63, 3.8) is 0 Å². The summed E-state index contributed by atoms with van der Waals surface area (Å²) in [7, 11) is 0. The number of aromatic hydroxyl groups is 3. The number of ether oxygens (including phenoxy) is 6. The Morgan fingerprint density at radius 2 is 1.27 bits per heavy atom. The molecule has 7 aliphatic heterocycles. The fourth-order valence-corrected chi connectivity index (χ4v) is 14.6. The summed E-state index contributed by atoms with van der Waals surface area (Å²) < 4.78 is 39.4. The SMILES string of the molecule is CC(C)C[C@H](N)C(=O)N[C@H]1C(=O)N[C@@H](CC(N)=O)C(=O)N[C@H]2C(=O)N[C@H]3C(=O)NC(C(=O)N[C@H](C(=O)O)c4cc(O)cc(O)c4-c4cc3ccc4O)[C@H](O)c3ccc(c(Cl)c3)Oc3cc2cc(c3OC2O[C@H](CO)[C@@H](O)[C@H](O)C2O[C@H]2C[C@](C)(NCc3ccc(-c4ccccc4)cc3)[C@H](O)[C@H](C)O2)Oc2ccc(cc2Cl)[C@H]1O. The van der Waals surface area contributed by atoms with Gasteiger partial charge in [0.1, 0.15) is 89.5 Å². The van der Waals surface area contributed by atoms with E-state index in [-0.39, 0.29) is 52.8 Å². The highest BCUT2D eigenvalue weighted by atomic mass is 35.5. The summed E-state index contributed by atoms with van der Waals surface area (Å²) in [4.78, 5) is 117. The molecule has 3 unspecified atom stereocenters. The summed E-state index contributed by atoms with van der Waals surface area (Å²) >= 11 is 14.2. The second-order valence-corrected chi connectivity index (χ2v) is 29.6. The molecule has 11 bridgehead atoms. The molecule has 7 aliphatic rings. The zero-order valence-corrected chi connectivity index (χ0v) is 62.2. The Bertz CT molecular complexity index is 4820. The predicted molar refractivity (Wildman–Crippen MR) is 399 cm³/mol. The van der Waals surface area contributed by atoms with Crippen molar-refractivity contribution in [3.8, 4) is 68.2 Å². The highest BCUT2D eigenvalue weighted by Gasteiger charge is 2.52. The molecule has 7 amide bonds. The minimum absolute atomic E-state index is 0.0704. The monoisotopic (exact) mass is 1600 g/mol. The number of carboxylic acids is 1. The van der Waals surface area contributed by atoms with Crippen LogP contribution in [-0.2, 0) is 59.1 Å². The van der Waals surface area contributed by atoms with Crippen molar-refractivity contribution in [1.29, 1.82) is 0 Å². The highest BCUT2D eigenvalue weighted by Crippen LogP contribution is 2.50. The Morgan fingerprint density at radius 3 is 1.89 bits per heavy atom. The van der Waals surface area contributed by atoms with Crippen LogP contribution in [-0.4, -0.2) is 184 Å². The van der Waals surface area contributed by atoms with Gasteiger partial charge in [-0.15, -0.1) is 0 Å². The molecule has 18 atom stereocenters. The first-order valence-corrected chi connectivity index (χ1v) is 36.6. The summed E-state index contributed by atoms with van der Waals surface area (Å²) in [5, 5.41) is 133. The van der Waals surface area contributed by atoms with E-state index in [1.165, 1.54) is 12.1 Å². The number of amides is 7. The van der Waals surface area contributed by atoms with Crippen LogP contribution in [0, 0.1) is 5.92 Å². The lowest BCUT2D eigenvalue weighted by molar-refractivity contribution is -0.334. The number of carboxylic acid groups (broad SMARTS) is 1. The number of aliphatic hydroxyl groups is 6. The van der Waals surface area contributed by atoms with E-state index in [0.29, 0.717) is 0 Å². The van der Waals surface area contributed by atoms with Gasteiger partial charge in [0.25, 0.3) is 0 Å². The fraction of sp³-hybridized carbons (Fsp3) is 0.359. The number of aliphatic hydroxyl groups excluding tert-OH is 6. The van der Waals surface area contributed by atoms with Gasteiger partial charge in [0, 0.05) is 41.3 Å². The third-order valence-electron chi connectivity index (χ3n) is 20.2. The average Bonchev–Trinajstić information content (AvgIpc) is 0.768. The maximum absolute atomic E-state index is 16.2. The van der Waals surface area contributed by atoms with Crippen LogP contribution in [0.4, 0.5) is 0 Å². The van der Waals surface area contributed by atoms with E-state index in [9.17, 15) is 75.0 Å². The Balaban J connectivity index is 1.04. The average molecular weight is 1600 g/mol. The van der Waals surface area contributed by atoms with Crippen molar-refractivity contribution in [2.75, 3.05) is 6.61 Å². The van der Waals surface area contributed by atoms with Gasteiger partial charge in [-0.05, 0) is 120 Å². The lowest BCUT2D eigenvalue weighted by Crippen LogP contribution is -2.65. The van der Waals surface area contributed by atoms with Crippen molar-refractivity contribution in [2.24, 2.45) is 17.4 Å². The van der Waals surface area contributed by atoms with Crippen molar-refractivity contribution in [3.05, 3.63) is 177 Å². The van der Waals surface area contributed by atoms with Gasteiger partial charge in [-0.25, -0.2) is 4.79 Å². The Labute approximate surface area is 654 Å². The molecule has 0 radical (unpaired) electrons. The van der Waals surface area contributed by atoms with Gasteiger partial charge in [0.15, 0.2) is 29.9 Å². The number of primary amides is 1. The molecule has 7 heterocycles. The van der Waals surface area contributed by atoms with E-state index < -0.39 is 237 Å². The van der Waals surface area contributed by atoms with E-state index in [1.807, 2.05) is 54.6 Å². The molecule has 0 aliphatic carbocycles. The van der Waals surface area contributed by atoms with Gasteiger partial charge in [-0.1, -0.05) is 110 Å². The second kappa shape index (κ2) is 33.9. The van der Waals surface area contributed by atoms with Crippen LogP contribution >= 0.6 is 23.2 Å². The molecular weight excluding hydrogens is 1520 g/mol. The third-order valence-corrected chi connectivity index (χ3v) is 20.8. The molecule has 7 aromatic carbocycles. The summed E-state index contributed by atoms with van der Waals surface area (Å²) in [6, 6.07) is 16.4. The number of nitrogens with one attached hydrogen (secondary N) is 7. The van der Waals surface area contributed by atoms with Crippen molar-refractivity contribution < 1.29 is 118 Å². The van der Waals surface area contributed by atoms with Gasteiger partial charge in [-0.2, -0.15) is 0 Å². The molecular formula is C78H83Cl2N9O24. The molecule has 33 nitrogen and oxygen atoms in total. The van der Waals surface area contributed by atoms with Gasteiger partial charge >= 0.3 is 5.97 Å². The molecule has 21 N–H and O–H groups in total. The predicted octanol–water partition coefficient (Wildman–Crippen LogP) is 3.34. The number of phenolic OH excluding ortho intramolecular Hbond substituents is 3. The highest BCUT2D eigenvalue weighted by molar-refractivity contribution is 6.32. The third kappa shape index (κ3) is 17.7. The molecule has 14 rings (SSSR count). The number of aliphatic carboxylic acids is 1. The van der Waals surface area contributed by atoms with Gasteiger partial charge in [-0.3, -0.25) is 33.6 Å². The normalized spacial score (nSPS) is 27.5. The largest absolute Gasteiger partial charge is 0.508 e. The number of carbonyl (C=O) groups excluding carboxylic acids is 7. The van der Waals surface area contributed by atoms with Crippen molar-refractivity contribution >= 4 is 70.5 Å². The maximum atomic E-state index is 16.2. The number of hydrogen-bond acceptors (Lipinski definition) is 25. The molecule has 0 aromatic heterocycles. The maximum Gasteiger partial charge on any atom is 0.330 e. The molecule has 2 saturated heterocycles. The van der Waals surface area contributed by atoms with E-state index >= 15 is 14.4 Å². The topological polar surface area (TPSA) is 530 Å². The molecule has 7 aromatic rings. The summed E-state index contributed by atoms with van der Waals surface area (Å²) in [5.74, 6) is -16.3. The van der Waals surface area contributed by atoms with E-state index in [4.69, 9.17) is 63.1 Å². The Morgan fingerprint density at radius 1 is 0.664 bits per heavy atom. The van der Waals surface area contributed by atoms with Crippen LogP contribution in [0.5, 0.6) is 46.0 Å². The zero-order valence-electron chi connectivity index (χ0n) is 60.7. The molecule has 0 spiro atoms. The summed E-state index contributed by atoms with van der Waals surface area (Å²) in [6.45, 7) is 6.06. The quantitative estimate of drug-likeness (QED) is 0.0659. The smallest absolute Gasteiger partial charge is 0.330 e. The minimum atomic E-state index is -2.37. The number of halogens is 2. The van der Waals surface area contributed by atoms with Crippen LogP contribution < -0.4 is 62.9 Å². The Kier molecular flexibility index (Phi) is 24.5. The number of carbonyl (C=O) groups is 8. The first-order valence-electron chi connectivity index (χ1n) is 35.8. The number of fused-ring (bicyclic) bond motifs is 15. The van der Waals surface area contributed by atoms with E-state index in [0.717, 1.165) is 83.4 Å². The lowest BCUT2D eigenvalue weighted by Gasteiger charge is -2.48. The van der Waals surface area contributed by atoms with E-state index in [2.05, 4.69) is 37.2 Å². The Hall–Kier alpha value is -10.8. The van der Waals surface area contributed by atoms with Gasteiger partial charge in [0.2, 0.25) is 53.4 Å².